The van der Waals surface area contributed by atoms with Gasteiger partial charge in [-0.3, -0.25) is 14.5 Å². The molecule has 0 aliphatic carbocycles. The Labute approximate surface area is 210 Å². The second-order valence-electron chi connectivity index (χ2n) is 8.83. The van der Waals surface area contributed by atoms with E-state index >= 15 is 0 Å². The maximum Gasteiger partial charge on any atom is 0.411 e. The van der Waals surface area contributed by atoms with Crippen molar-refractivity contribution >= 4 is 23.6 Å². The van der Waals surface area contributed by atoms with Gasteiger partial charge in [0.25, 0.3) is 5.91 Å². The largest absolute Gasteiger partial charge is 0.497 e. The number of hydrogen-bond donors (Lipinski definition) is 2. The van der Waals surface area contributed by atoms with Crippen LogP contribution in [0.2, 0.25) is 0 Å². The predicted octanol–water partition coefficient (Wildman–Crippen LogP) is 4.53. The van der Waals surface area contributed by atoms with Gasteiger partial charge in [-0.1, -0.05) is 42.5 Å². The fraction of sp³-hybridized carbons (Fsp3) is 0.250. The lowest BCUT2D eigenvalue weighted by Gasteiger charge is -2.25. The van der Waals surface area contributed by atoms with Gasteiger partial charge in [0.15, 0.2) is 12.1 Å². The molecule has 2 N–H and O–H groups in total. The first-order valence-electron chi connectivity index (χ1n) is 11.7. The number of amides is 3. The van der Waals surface area contributed by atoms with Crippen molar-refractivity contribution in [3.05, 3.63) is 95.6 Å². The van der Waals surface area contributed by atoms with Gasteiger partial charge in [0, 0.05) is 17.3 Å². The topological polar surface area (TPSA) is 97.0 Å². The molecule has 1 heterocycles. The van der Waals surface area contributed by atoms with Crippen molar-refractivity contribution in [2.24, 2.45) is 0 Å². The van der Waals surface area contributed by atoms with E-state index in [0.717, 1.165) is 5.56 Å². The van der Waals surface area contributed by atoms with Gasteiger partial charge in [-0.2, -0.15) is 0 Å². The summed E-state index contributed by atoms with van der Waals surface area (Å²) < 4.78 is 11.0. The minimum atomic E-state index is -0.865. The molecule has 0 radical (unpaired) electrons. The van der Waals surface area contributed by atoms with E-state index in [1.807, 2.05) is 44.2 Å². The van der Waals surface area contributed by atoms with Crippen LogP contribution < -0.4 is 15.4 Å². The lowest BCUT2D eigenvalue weighted by Crippen LogP contribution is -2.48. The molecule has 0 spiro atoms. The number of methoxy groups -OCH3 is 1. The summed E-state index contributed by atoms with van der Waals surface area (Å²) in [6, 6.07) is 22.2. The zero-order chi connectivity index (χ0) is 25.7. The maximum absolute atomic E-state index is 13.2. The second-order valence-corrected chi connectivity index (χ2v) is 8.83. The fourth-order valence-corrected chi connectivity index (χ4v) is 4.10. The summed E-state index contributed by atoms with van der Waals surface area (Å²) in [7, 11) is 1.57. The number of rotatable bonds is 8. The van der Waals surface area contributed by atoms with Crippen molar-refractivity contribution in [1.82, 2.24) is 10.2 Å². The molecule has 8 heteroatoms. The van der Waals surface area contributed by atoms with E-state index in [1.54, 1.807) is 55.6 Å². The molecule has 0 aromatic heterocycles. The van der Waals surface area contributed by atoms with Crippen LogP contribution in [0.15, 0.2) is 78.9 Å². The number of nitrogens with zero attached hydrogens (tertiary/aromatic N) is 1. The Kier molecular flexibility index (Phi) is 7.53. The summed E-state index contributed by atoms with van der Waals surface area (Å²) in [5.41, 5.74) is 2.60. The van der Waals surface area contributed by atoms with Gasteiger partial charge in [0.05, 0.1) is 13.7 Å². The van der Waals surface area contributed by atoms with E-state index < -0.39 is 18.2 Å². The fourth-order valence-electron chi connectivity index (χ4n) is 4.10. The third-order valence-corrected chi connectivity index (χ3v) is 5.80. The average molecular weight is 488 g/mol. The number of nitrogens with one attached hydrogen (secondary N) is 2. The van der Waals surface area contributed by atoms with Crippen molar-refractivity contribution in [3.63, 3.8) is 0 Å². The first-order valence-corrected chi connectivity index (χ1v) is 11.7. The van der Waals surface area contributed by atoms with Gasteiger partial charge >= 0.3 is 6.09 Å². The van der Waals surface area contributed by atoms with Crippen molar-refractivity contribution in [2.45, 2.75) is 38.6 Å². The van der Waals surface area contributed by atoms with Crippen LogP contribution in [0.25, 0.3) is 0 Å². The van der Waals surface area contributed by atoms with E-state index in [0.29, 0.717) is 22.6 Å². The Bertz CT molecular complexity index is 1230. The summed E-state index contributed by atoms with van der Waals surface area (Å²) in [5.74, 6) is 0.132. The summed E-state index contributed by atoms with van der Waals surface area (Å²) >= 11 is 0. The van der Waals surface area contributed by atoms with E-state index in [-0.39, 0.29) is 24.4 Å². The van der Waals surface area contributed by atoms with Crippen LogP contribution >= 0.6 is 0 Å². The highest BCUT2D eigenvalue weighted by molar-refractivity contribution is 6.04. The Balaban J connectivity index is 1.56. The van der Waals surface area contributed by atoms with Crippen molar-refractivity contribution < 1.29 is 23.9 Å². The van der Waals surface area contributed by atoms with Crippen molar-refractivity contribution in [2.75, 3.05) is 12.4 Å². The molecule has 3 amide bonds. The molecule has 2 atom stereocenters. The molecule has 8 nitrogen and oxygen atoms in total. The maximum atomic E-state index is 13.2. The highest BCUT2D eigenvalue weighted by atomic mass is 16.6. The Morgan fingerprint density at radius 1 is 1.00 bits per heavy atom. The van der Waals surface area contributed by atoms with E-state index in [1.165, 1.54) is 4.90 Å². The van der Waals surface area contributed by atoms with Crippen LogP contribution in [0.1, 0.15) is 41.4 Å². The minimum absolute atomic E-state index is 0.108. The first-order chi connectivity index (χ1) is 17.4. The summed E-state index contributed by atoms with van der Waals surface area (Å²) in [5, 5.41) is 5.75. The molecule has 186 valence electrons. The van der Waals surface area contributed by atoms with E-state index in [9.17, 15) is 14.4 Å². The van der Waals surface area contributed by atoms with Crippen LogP contribution in [0.4, 0.5) is 10.5 Å². The second kappa shape index (κ2) is 10.9. The van der Waals surface area contributed by atoms with Crippen LogP contribution in [-0.4, -0.2) is 42.0 Å². The monoisotopic (exact) mass is 487 g/mol. The van der Waals surface area contributed by atoms with Crippen molar-refractivity contribution in [1.29, 1.82) is 0 Å². The van der Waals surface area contributed by atoms with Gasteiger partial charge in [-0.25, -0.2) is 4.79 Å². The molecule has 2 unspecified atom stereocenters. The van der Waals surface area contributed by atoms with Gasteiger partial charge in [0.2, 0.25) is 5.91 Å². The van der Waals surface area contributed by atoms with Gasteiger partial charge < -0.3 is 20.1 Å². The smallest absolute Gasteiger partial charge is 0.411 e. The molecule has 3 aromatic carbocycles. The third kappa shape index (κ3) is 5.66. The number of carbonyl (C=O) groups is 3. The number of ether oxygens (including phenoxy) is 2. The molecular weight excluding hydrogens is 458 g/mol. The van der Waals surface area contributed by atoms with Gasteiger partial charge in [-0.05, 0) is 61.4 Å². The molecule has 1 aliphatic heterocycles. The highest BCUT2D eigenvalue weighted by Gasteiger charge is 2.47. The number of carbonyl (C=O) groups excluding carboxylic acids is 3. The molecule has 4 rings (SSSR count). The molecule has 1 fully saturated rings. The molecule has 0 bridgehead atoms. The van der Waals surface area contributed by atoms with Gasteiger partial charge in [-0.15, -0.1) is 0 Å². The van der Waals surface area contributed by atoms with Gasteiger partial charge in [0.1, 0.15) is 5.75 Å². The third-order valence-electron chi connectivity index (χ3n) is 5.80. The standard InChI is InChI=1S/C28H29N3O5/c1-18(2)29-27(33)24-25(36-28(34)31(24)17-19-8-7-11-23(16-19)35-3)20-12-14-22(15-13-20)30-26(32)21-9-5-4-6-10-21/h4-16,18,24-25H,17H2,1-3H3,(H,29,33)(H,30,32). The summed E-state index contributed by atoms with van der Waals surface area (Å²) in [6.45, 7) is 3.91. The lowest BCUT2D eigenvalue weighted by atomic mass is 10.00. The lowest BCUT2D eigenvalue weighted by molar-refractivity contribution is -0.126. The van der Waals surface area contributed by atoms with E-state index in [2.05, 4.69) is 10.6 Å². The summed E-state index contributed by atoms with van der Waals surface area (Å²) in [6.07, 6.45) is -1.38. The van der Waals surface area contributed by atoms with Crippen LogP contribution in [0.3, 0.4) is 0 Å². The quantitative estimate of drug-likeness (QED) is 0.487. The average Bonchev–Trinajstić information content (AvgIpc) is 3.20. The molecule has 1 aliphatic rings. The zero-order valence-corrected chi connectivity index (χ0v) is 20.4. The van der Waals surface area contributed by atoms with Crippen LogP contribution in [0, 0.1) is 0 Å². The molecule has 36 heavy (non-hydrogen) atoms. The normalized spacial score (nSPS) is 17.0. The van der Waals surface area contributed by atoms with Crippen LogP contribution in [-0.2, 0) is 16.1 Å². The zero-order valence-electron chi connectivity index (χ0n) is 20.4. The van der Waals surface area contributed by atoms with E-state index in [4.69, 9.17) is 9.47 Å². The molecule has 1 saturated heterocycles. The Hall–Kier alpha value is -4.33. The highest BCUT2D eigenvalue weighted by Crippen LogP contribution is 2.35. The number of hydrogen-bond acceptors (Lipinski definition) is 5. The molecular formula is C28H29N3O5. The SMILES string of the molecule is COc1cccc(CN2C(=O)OC(c3ccc(NC(=O)c4ccccc4)cc3)C2C(=O)NC(C)C)c1. The molecule has 3 aromatic rings. The van der Waals surface area contributed by atoms with Crippen LogP contribution in [0.5, 0.6) is 5.75 Å². The predicted molar refractivity (Wildman–Crippen MR) is 136 cm³/mol. The number of anilines is 1. The first kappa shape index (κ1) is 24.8. The number of benzene rings is 3. The summed E-state index contributed by atoms with van der Waals surface area (Å²) in [4.78, 5) is 40.0. The Morgan fingerprint density at radius 3 is 2.39 bits per heavy atom. The molecule has 0 saturated carbocycles. The van der Waals surface area contributed by atoms with Crippen molar-refractivity contribution in [3.8, 4) is 5.75 Å². The number of cyclic esters (lactones) is 1. The minimum Gasteiger partial charge on any atom is -0.497 e. The Morgan fingerprint density at radius 2 is 1.72 bits per heavy atom.